The molecule has 1 aromatic carbocycles. The minimum atomic E-state index is -1.30. The first-order valence-electron chi connectivity index (χ1n) is 5.99. The molecule has 0 N–H and O–H groups in total. The highest BCUT2D eigenvalue weighted by molar-refractivity contribution is 5.51. The third kappa shape index (κ3) is 1.57. The first kappa shape index (κ1) is 13.4. The van der Waals surface area contributed by atoms with Gasteiger partial charge in [0.15, 0.2) is 10.8 Å². The number of nitriles is 4. The van der Waals surface area contributed by atoms with Crippen molar-refractivity contribution in [3.8, 4) is 24.3 Å². The molecule has 0 bridgehead atoms. The van der Waals surface area contributed by atoms with Gasteiger partial charge in [0.1, 0.15) is 0 Å². The molecule has 0 aliphatic heterocycles. The molecule has 0 atom stereocenters. The quantitative estimate of drug-likeness (QED) is 0.814. The SMILES string of the molecule is C=Cc1ccc(C2C(C#N)(C#N)CC2(C#N)C#N)cc1. The van der Waals surface area contributed by atoms with Gasteiger partial charge in [-0.25, -0.2) is 0 Å². The number of nitrogens with zero attached hydrogens (tertiary/aromatic N) is 4. The van der Waals surface area contributed by atoms with Crippen molar-refractivity contribution in [2.45, 2.75) is 12.3 Å². The molecule has 20 heavy (non-hydrogen) atoms. The first-order valence-corrected chi connectivity index (χ1v) is 5.99. The van der Waals surface area contributed by atoms with Crippen LogP contribution in [0.25, 0.3) is 6.08 Å². The Labute approximate surface area is 117 Å². The summed E-state index contributed by atoms with van der Waals surface area (Å²) in [4.78, 5) is 0. The van der Waals surface area contributed by atoms with E-state index in [1.54, 1.807) is 30.3 Å². The summed E-state index contributed by atoms with van der Waals surface area (Å²) in [6.07, 6.45) is 1.64. The fourth-order valence-corrected chi connectivity index (χ4v) is 2.79. The molecule has 0 spiro atoms. The average molecular weight is 258 g/mol. The molecule has 1 aliphatic rings. The Kier molecular flexibility index (Phi) is 3.04. The average Bonchev–Trinajstić information content (AvgIpc) is 2.49. The third-order valence-electron chi connectivity index (χ3n) is 3.85. The van der Waals surface area contributed by atoms with Gasteiger partial charge in [0.2, 0.25) is 0 Å². The number of rotatable bonds is 2. The Hall–Kier alpha value is -3.08. The zero-order valence-corrected chi connectivity index (χ0v) is 10.7. The second-order valence-electron chi connectivity index (χ2n) is 4.87. The van der Waals surface area contributed by atoms with E-state index in [2.05, 4.69) is 6.58 Å². The van der Waals surface area contributed by atoms with Crippen LogP contribution in [-0.2, 0) is 0 Å². The van der Waals surface area contributed by atoms with Crippen LogP contribution >= 0.6 is 0 Å². The predicted molar refractivity (Wildman–Crippen MR) is 71.2 cm³/mol. The summed E-state index contributed by atoms with van der Waals surface area (Å²) >= 11 is 0. The third-order valence-corrected chi connectivity index (χ3v) is 3.85. The van der Waals surface area contributed by atoms with Gasteiger partial charge in [-0.05, 0) is 11.1 Å². The van der Waals surface area contributed by atoms with Gasteiger partial charge < -0.3 is 0 Å². The lowest BCUT2D eigenvalue weighted by Crippen LogP contribution is -2.52. The van der Waals surface area contributed by atoms with Crippen LogP contribution in [0.1, 0.15) is 23.5 Å². The summed E-state index contributed by atoms with van der Waals surface area (Å²) in [5.41, 5.74) is -1.05. The maximum Gasteiger partial charge on any atom is 0.155 e. The van der Waals surface area contributed by atoms with Crippen molar-refractivity contribution < 1.29 is 0 Å². The van der Waals surface area contributed by atoms with Crippen molar-refractivity contribution in [1.29, 1.82) is 21.0 Å². The van der Waals surface area contributed by atoms with Crippen molar-refractivity contribution in [3.05, 3.63) is 42.0 Å². The molecule has 4 heteroatoms. The lowest BCUT2D eigenvalue weighted by atomic mass is 9.45. The van der Waals surface area contributed by atoms with E-state index in [-0.39, 0.29) is 6.42 Å². The predicted octanol–water partition coefficient (Wildman–Crippen LogP) is 2.88. The molecule has 4 nitrogen and oxygen atoms in total. The largest absolute Gasteiger partial charge is 0.197 e. The highest BCUT2D eigenvalue weighted by Gasteiger charge is 2.66. The van der Waals surface area contributed by atoms with Gasteiger partial charge in [-0.1, -0.05) is 36.9 Å². The Morgan fingerprint density at radius 3 is 1.75 bits per heavy atom. The van der Waals surface area contributed by atoms with E-state index >= 15 is 0 Å². The minimum Gasteiger partial charge on any atom is -0.197 e. The van der Waals surface area contributed by atoms with Gasteiger partial charge in [0.05, 0.1) is 24.3 Å². The topological polar surface area (TPSA) is 95.2 Å². The number of hydrogen-bond donors (Lipinski definition) is 0. The molecule has 1 fully saturated rings. The zero-order valence-electron chi connectivity index (χ0n) is 10.7. The maximum absolute atomic E-state index is 9.28. The van der Waals surface area contributed by atoms with Gasteiger partial charge in [-0.2, -0.15) is 21.0 Å². The van der Waals surface area contributed by atoms with Gasteiger partial charge in [0.25, 0.3) is 0 Å². The van der Waals surface area contributed by atoms with Crippen LogP contribution in [0.3, 0.4) is 0 Å². The van der Waals surface area contributed by atoms with Gasteiger partial charge >= 0.3 is 0 Å². The maximum atomic E-state index is 9.28. The normalized spacial score (nSPS) is 18.4. The van der Waals surface area contributed by atoms with Crippen molar-refractivity contribution >= 4 is 6.08 Å². The minimum absolute atomic E-state index is 0.0339. The Morgan fingerprint density at radius 1 is 0.950 bits per heavy atom. The molecule has 0 radical (unpaired) electrons. The fourth-order valence-electron chi connectivity index (χ4n) is 2.79. The summed E-state index contributed by atoms with van der Waals surface area (Å²) in [7, 11) is 0. The second-order valence-corrected chi connectivity index (χ2v) is 4.87. The Balaban J connectivity index is 2.56. The van der Waals surface area contributed by atoms with Crippen LogP contribution in [-0.4, -0.2) is 0 Å². The summed E-state index contributed by atoms with van der Waals surface area (Å²) in [6, 6.07) is 15.0. The summed E-state index contributed by atoms with van der Waals surface area (Å²) < 4.78 is 0. The van der Waals surface area contributed by atoms with Gasteiger partial charge in [-0.3, -0.25) is 0 Å². The van der Waals surface area contributed by atoms with Crippen LogP contribution in [0.2, 0.25) is 0 Å². The molecule has 0 aromatic heterocycles. The van der Waals surface area contributed by atoms with Crippen LogP contribution in [0, 0.1) is 56.2 Å². The van der Waals surface area contributed by atoms with Crippen molar-refractivity contribution in [2.24, 2.45) is 10.8 Å². The highest BCUT2D eigenvalue weighted by atomic mass is 14.7. The monoisotopic (exact) mass is 258 g/mol. The highest BCUT2D eigenvalue weighted by Crippen LogP contribution is 2.63. The van der Waals surface area contributed by atoms with Crippen LogP contribution in [0.4, 0.5) is 0 Å². The lowest BCUT2D eigenvalue weighted by molar-refractivity contribution is 0.107. The number of benzene rings is 1. The van der Waals surface area contributed by atoms with E-state index in [1.165, 1.54) is 0 Å². The molecule has 0 saturated heterocycles. The molecule has 1 aliphatic carbocycles. The molecule has 0 amide bonds. The molecular weight excluding hydrogens is 248 g/mol. The molecule has 1 saturated carbocycles. The van der Waals surface area contributed by atoms with Gasteiger partial charge in [-0.15, -0.1) is 0 Å². The molecule has 0 unspecified atom stereocenters. The standard InChI is InChI=1S/C16H10N4/c1-2-12-3-5-13(6-4-12)14-15(8-17,9-18)7-16(14,10-19)11-20/h2-6,14H,1,7H2. The molecule has 94 valence electrons. The lowest BCUT2D eigenvalue weighted by Gasteiger charge is -2.48. The van der Waals surface area contributed by atoms with E-state index < -0.39 is 16.7 Å². The van der Waals surface area contributed by atoms with Crippen LogP contribution in [0.15, 0.2) is 30.8 Å². The van der Waals surface area contributed by atoms with Gasteiger partial charge in [0, 0.05) is 12.3 Å². The smallest absolute Gasteiger partial charge is 0.155 e. The molecule has 1 aromatic rings. The molecular formula is C16H10N4. The first-order chi connectivity index (χ1) is 9.61. The summed E-state index contributed by atoms with van der Waals surface area (Å²) in [5.74, 6) is -0.709. The molecule has 2 rings (SSSR count). The van der Waals surface area contributed by atoms with Crippen molar-refractivity contribution in [1.82, 2.24) is 0 Å². The van der Waals surface area contributed by atoms with E-state index in [0.29, 0.717) is 5.56 Å². The van der Waals surface area contributed by atoms with Crippen molar-refractivity contribution in [2.75, 3.05) is 0 Å². The van der Waals surface area contributed by atoms with Crippen LogP contribution in [0.5, 0.6) is 0 Å². The van der Waals surface area contributed by atoms with Crippen molar-refractivity contribution in [3.63, 3.8) is 0 Å². The number of hydrogen-bond acceptors (Lipinski definition) is 4. The summed E-state index contributed by atoms with van der Waals surface area (Å²) in [5, 5.41) is 37.1. The fraction of sp³-hybridized carbons (Fsp3) is 0.250. The Bertz CT molecular complexity index is 650. The van der Waals surface area contributed by atoms with E-state index in [0.717, 1.165) is 5.56 Å². The molecule has 0 heterocycles. The second kappa shape index (κ2) is 4.55. The van der Waals surface area contributed by atoms with Crippen LogP contribution < -0.4 is 0 Å². The van der Waals surface area contributed by atoms with E-state index in [4.69, 9.17) is 0 Å². The van der Waals surface area contributed by atoms with E-state index in [1.807, 2.05) is 24.3 Å². The Morgan fingerprint density at radius 2 is 1.40 bits per heavy atom. The zero-order chi connectivity index (χ0) is 14.8. The van der Waals surface area contributed by atoms with E-state index in [9.17, 15) is 21.0 Å². The summed E-state index contributed by atoms with van der Waals surface area (Å²) in [6.45, 7) is 3.65.